The van der Waals surface area contributed by atoms with Crippen molar-refractivity contribution >= 4 is 35.0 Å². The van der Waals surface area contributed by atoms with Crippen LogP contribution in [0.25, 0.3) is 11.4 Å². The molecule has 1 N–H and O–H groups in total. The van der Waals surface area contributed by atoms with Crippen LogP contribution in [0.5, 0.6) is 0 Å². The molecule has 0 fully saturated rings. The number of halogens is 1. The maximum absolute atomic E-state index is 12.6. The maximum atomic E-state index is 12.6. The van der Waals surface area contributed by atoms with Crippen molar-refractivity contribution in [1.82, 2.24) is 14.8 Å². The van der Waals surface area contributed by atoms with E-state index in [9.17, 15) is 4.79 Å². The summed E-state index contributed by atoms with van der Waals surface area (Å²) in [5.74, 6) is 0.524. The van der Waals surface area contributed by atoms with Crippen LogP contribution in [0.4, 0.5) is 5.69 Å². The second-order valence-corrected chi connectivity index (χ2v) is 6.61. The van der Waals surface area contributed by atoms with Gasteiger partial charge in [-0.3, -0.25) is 4.79 Å². The molecule has 25 heavy (non-hydrogen) atoms. The molecule has 0 aliphatic rings. The molecule has 128 valence electrons. The van der Waals surface area contributed by atoms with E-state index in [0.29, 0.717) is 16.3 Å². The highest BCUT2D eigenvalue weighted by Crippen LogP contribution is 2.25. The number of rotatable bonds is 5. The minimum atomic E-state index is -0.241. The topological polar surface area (TPSA) is 59.8 Å². The molecule has 0 unspecified atom stereocenters. The first kappa shape index (κ1) is 17.5. The summed E-state index contributed by atoms with van der Waals surface area (Å²) < 4.78 is 1.94. The molecule has 0 radical (unpaired) electrons. The van der Waals surface area contributed by atoms with E-state index >= 15 is 0 Å². The SMILES string of the molecule is CCn1cnnc1-c1cccc(NC(=O)c2cc(SC)ccc2Cl)c1. The monoisotopic (exact) mass is 372 g/mol. The molecule has 1 aromatic heterocycles. The van der Waals surface area contributed by atoms with Crippen molar-refractivity contribution in [3.63, 3.8) is 0 Å². The first-order valence-electron chi connectivity index (χ1n) is 7.75. The molecule has 0 saturated carbocycles. The van der Waals surface area contributed by atoms with Crippen LogP contribution in [-0.2, 0) is 6.54 Å². The lowest BCUT2D eigenvalue weighted by Crippen LogP contribution is -2.12. The van der Waals surface area contributed by atoms with Crippen molar-refractivity contribution in [1.29, 1.82) is 0 Å². The third-order valence-corrected chi connectivity index (χ3v) is 4.81. The summed E-state index contributed by atoms with van der Waals surface area (Å²) in [5, 5.41) is 11.4. The van der Waals surface area contributed by atoms with Gasteiger partial charge >= 0.3 is 0 Å². The maximum Gasteiger partial charge on any atom is 0.257 e. The molecule has 1 heterocycles. The zero-order chi connectivity index (χ0) is 17.8. The molecule has 5 nitrogen and oxygen atoms in total. The van der Waals surface area contributed by atoms with Crippen LogP contribution in [0, 0.1) is 0 Å². The third kappa shape index (κ3) is 3.86. The molecule has 3 aromatic rings. The molecule has 0 atom stereocenters. The van der Waals surface area contributed by atoms with Gasteiger partial charge in [-0.1, -0.05) is 23.7 Å². The second kappa shape index (κ2) is 7.72. The average molecular weight is 373 g/mol. The molecule has 2 aromatic carbocycles. The van der Waals surface area contributed by atoms with Crippen molar-refractivity contribution in [2.24, 2.45) is 0 Å². The predicted molar refractivity (Wildman–Crippen MR) is 102 cm³/mol. The summed E-state index contributed by atoms with van der Waals surface area (Å²) >= 11 is 7.74. The summed E-state index contributed by atoms with van der Waals surface area (Å²) in [6.45, 7) is 2.80. The Kier molecular flexibility index (Phi) is 5.40. The van der Waals surface area contributed by atoms with E-state index in [2.05, 4.69) is 15.5 Å². The standard InChI is InChI=1S/C18H17ClN4OS/c1-3-23-11-20-22-17(23)12-5-4-6-13(9-12)21-18(24)15-10-14(25-2)7-8-16(15)19/h4-11H,3H2,1-2H3,(H,21,24). The van der Waals surface area contributed by atoms with Crippen LogP contribution in [0.1, 0.15) is 17.3 Å². The van der Waals surface area contributed by atoms with E-state index in [-0.39, 0.29) is 5.91 Å². The summed E-state index contributed by atoms with van der Waals surface area (Å²) in [4.78, 5) is 13.6. The van der Waals surface area contributed by atoms with Crippen LogP contribution in [-0.4, -0.2) is 26.9 Å². The van der Waals surface area contributed by atoms with Gasteiger partial charge in [-0.25, -0.2) is 0 Å². The van der Waals surface area contributed by atoms with E-state index in [1.165, 1.54) is 0 Å². The number of hydrogen-bond acceptors (Lipinski definition) is 4. The van der Waals surface area contributed by atoms with Crippen LogP contribution in [0.3, 0.4) is 0 Å². The molecule has 1 amide bonds. The summed E-state index contributed by atoms with van der Waals surface area (Å²) in [5.41, 5.74) is 2.02. The molecule has 0 saturated heterocycles. The van der Waals surface area contributed by atoms with Gasteiger partial charge in [-0.2, -0.15) is 0 Å². The van der Waals surface area contributed by atoms with Gasteiger partial charge in [0, 0.05) is 22.7 Å². The van der Waals surface area contributed by atoms with Crippen LogP contribution in [0.2, 0.25) is 5.02 Å². The number of carbonyl (C=O) groups is 1. The van der Waals surface area contributed by atoms with Gasteiger partial charge < -0.3 is 9.88 Å². The second-order valence-electron chi connectivity index (χ2n) is 5.32. The van der Waals surface area contributed by atoms with Crippen molar-refractivity contribution in [3.05, 3.63) is 59.4 Å². The highest BCUT2D eigenvalue weighted by molar-refractivity contribution is 7.98. The Hall–Kier alpha value is -2.31. The highest BCUT2D eigenvalue weighted by Gasteiger charge is 2.13. The van der Waals surface area contributed by atoms with Crippen molar-refractivity contribution in [2.75, 3.05) is 11.6 Å². The lowest BCUT2D eigenvalue weighted by molar-refractivity contribution is 0.102. The molecular weight excluding hydrogens is 356 g/mol. The minimum absolute atomic E-state index is 0.241. The quantitative estimate of drug-likeness (QED) is 0.665. The molecule has 0 bridgehead atoms. The number of nitrogens with one attached hydrogen (secondary N) is 1. The Bertz CT molecular complexity index is 910. The molecule has 0 aliphatic carbocycles. The van der Waals surface area contributed by atoms with Gasteiger partial charge in [-0.15, -0.1) is 22.0 Å². The molecule has 3 rings (SSSR count). The smallest absolute Gasteiger partial charge is 0.257 e. The fraction of sp³-hybridized carbons (Fsp3) is 0.167. The number of aryl methyl sites for hydroxylation is 1. The van der Waals surface area contributed by atoms with Gasteiger partial charge in [0.1, 0.15) is 6.33 Å². The van der Waals surface area contributed by atoms with E-state index in [0.717, 1.165) is 22.8 Å². The van der Waals surface area contributed by atoms with Crippen LogP contribution >= 0.6 is 23.4 Å². The molecule has 7 heteroatoms. The minimum Gasteiger partial charge on any atom is -0.322 e. The van der Waals surface area contributed by atoms with Crippen molar-refractivity contribution in [2.45, 2.75) is 18.4 Å². The Balaban J connectivity index is 1.86. The number of nitrogens with zero attached hydrogens (tertiary/aromatic N) is 3. The van der Waals surface area contributed by atoms with Crippen molar-refractivity contribution < 1.29 is 4.79 Å². The summed E-state index contributed by atoms with van der Waals surface area (Å²) in [7, 11) is 0. The number of hydrogen-bond donors (Lipinski definition) is 1. The summed E-state index contributed by atoms with van der Waals surface area (Å²) in [6, 6.07) is 12.9. The molecular formula is C18H17ClN4OS. The zero-order valence-electron chi connectivity index (χ0n) is 13.9. The molecule has 0 aliphatic heterocycles. The Morgan fingerprint density at radius 3 is 2.88 bits per heavy atom. The van der Waals surface area contributed by atoms with Crippen LogP contribution < -0.4 is 5.32 Å². The van der Waals surface area contributed by atoms with E-state index in [1.807, 2.05) is 48.1 Å². The Labute approximate surface area is 155 Å². The number of amides is 1. The first-order valence-corrected chi connectivity index (χ1v) is 9.35. The fourth-order valence-electron chi connectivity index (χ4n) is 2.45. The summed E-state index contributed by atoms with van der Waals surface area (Å²) in [6.07, 6.45) is 3.65. The number of anilines is 1. The predicted octanol–water partition coefficient (Wildman–Crippen LogP) is 4.59. The Morgan fingerprint density at radius 2 is 2.12 bits per heavy atom. The van der Waals surface area contributed by atoms with E-state index in [1.54, 1.807) is 30.2 Å². The normalized spacial score (nSPS) is 10.7. The first-order chi connectivity index (χ1) is 12.1. The largest absolute Gasteiger partial charge is 0.322 e. The molecule has 0 spiro atoms. The van der Waals surface area contributed by atoms with Gasteiger partial charge in [0.15, 0.2) is 5.82 Å². The fourth-order valence-corrected chi connectivity index (χ4v) is 3.09. The number of carbonyl (C=O) groups excluding carboxylic acids is 1. The third-order valence-electron chi connectivity index (χ3n) is 3.75. The highest BCUT2D eigenvalue weighted by atomic mass is 35.5. The van der Waals surface area contributed by atoms with E-state index < -0.39 is 0 Å². The zero-order valence-corrected chi connectivity index (χ0v) is 15.4. The van der Waals surface area contributed by atoms with Gasteiger partial charge in [-0.05, 0) is 43.5 Å². The lowest BCUT2D eigenvalue weighted by Gasteiger charge is -2.10. The number of aromatic nitrogens is 3. The van der Waals surface area contributed by atoms with Crippen LogP contribution in [0.15, 0.2) is 53.7 Å². The number of thioether (sulfide) groups is 1. The Morgan fingerprint density at radius 1 is 1.28 bits per heavy atom. The van der Waals surface area contributed by atoms with Crippen molar-refractivity contribution in [3.8, 4) is 11.4 Å². The van der Waals surface area contributed by atoms with Gasteiger partial charge in [0.25, 0.3) is 5.91 Å². The average Bonchev–Trinajstić information content (AvgIpc) is 3.11. The van der Waals surface area contributed by atoms with Gasteiger partial charge in [0.2, 0.25) is 0 Å². The van der Waals surface area contributed by atoms with Gasteiger partial charge in [0.05, 0.1) is 10.6 Å². The number of benzene rings is 2. The van der Waals surface area contributed by atoms with E-state index in [4.69, 9.17) is 11.6 Å². The lowest BCUT2D eigenvalue weighted by atomic mass is 10.1.